The van der Waals surface area contributed by atoms with E-state index in [4.69, 9.17) is 4.52 Å². The summed E-state index contributed by atoms with van der Waals surface area (Å²) in [6.45, 7) is 2.02. The van der Waals surface area contributed by atoms with E-state index < -0.39 is 0 Å². The van der Waals surface area contributed by atoms with Gasteiger partial charge in [-0.3, -0.25) is 14.9 Å². The Morgan fingerprint density at radius 2 is 2.06 bits per heavy atom. The minimum atomic E-state index is -0.259. The number of anilines is 1. The lowest BCUT2D eigenvalue weighted by molar-refractivity contribution is -0.113. The summed E-state index contributed by atoms with van der Waals surface area (Å²) in [7, 11) is 0. The van der Waals surface area contributed by atoms with Gasteiger partial charge in [0.05, 0.1) is 11.1 Å². The molecule has 1 aliphatic carbocycles. The Kier molecular flexibility index (Phi) is 5.37. The molecule has 1 aromatic carbocycles. The van der Waals surface area contributed by atoms with Crippen LogP contribution in [-0.2, 0) is 17.6 Å². The summed E-state index contributed by atoms with van der Waals surface area (Å²) in [5.41, 5.74) is 3.76. The molecule has 0 saturated heterocycles. The van der Waals surface area contributed by atoms with Crippen molar-refractivity contribution < 1.29 is 9.32 Å². The number of aryl methyl sites for hydroxylation is 3. The molecule has 3 heterocycles. The molecule has 1 amide bonds. The number of aromatic nitrogens is 3. The zero-order chi connectivity index (χ0) is 21.4. The van der Waals surface area contributed by atoms with Crippen molar-refractivity contribution in [2.24, 2.45) is 0 Å². The van der Waals surface area contributed by atoms with Crippen LogP contribution < -0.4 is 10.9 Å². The Morgan fingerprint density at radius 3 is 2.90 bits per heavy atom. The summed E-state index contributed by atoms with van der Waals surface area (Å²) in [6.07, 6.45) is 4.23. The highest BCUT2D eigenvalue weighted by atomic mass is 32.2. The monoisotopic (exact) mass is 452 g/mol. The normalized spacial score (nSPS) is 13.3. The second kappa shape index (κ2) is 8.32. The number of benzene rings is 1. The maximum Gasteiger partial charge on any atom is 0.260 e. The van der Waals surface area contributed by atoms with Crippen LogP contribution in [0.1, 0.15) is 28.8 Å². The van der Waals surface area contributed by atoms with Gasteiger partial charge in [0.15, 0.2) is 5.16 Å². The molecule has 0 aliphatic heterocycles. The van der Waals surface area contributed by atoms with Crippen LogP contribution in [0.5, 0.6) is 0 Å². The number of aromatic amines is 1. The molecule has 0 fully saturated rings. The zero-order valence-corrected chi connectivity index (χ0v) is 18.5. The van der Waals surface area contributed by atoms with Crippen LogP contribution >= 0.6 is 23.1 Å². The van der Waals surface area contributed by atoms with Gasteiger partial charge in [-0.1, -0.05) is 46.7 Å². The largest absolute Gasteiger partial charge is 0.338 e. The van der Waals surface area contributed by atoms with Crippen molar-refractivity contribution in [1.82, 2.24) is 15.1 Å². The lowest BCUT2D eigenvalue weighted by Crippen LogP contribution is -2.15. The predicted molar refractivity (Wildman–Crippen MR) is 123 cm³/mol. The first-order valence-corrected chi connectivity index (χ1v) is 11.9. The zero-order valence-electron chi connectivity index (χ0n) is 16.9. The van der Waals surface area contributed by atoms with Crippen LogP contribution in [-0.4, -0.2) is 26.8 Å². The van der Waals surface area contributed by atoms with Gasteiger partial charge in [-0.2, -0.15) is 0 Å². The van der Waals surface area contributed by atoms with Crippen LogP contribution in [0.15, 0.2) is 44.8 Å². The highest BCUT2D eigenvalue weighted by molar-refractivity contribution is 7.99. The van der Waals surface area contributed by atoms with E-state index in [1.54, 1.807) is 17.4 Å². The van der Waals surface area contributed by atoms with Crippen molar-refractivity contribution in [2.75, 3.05) is 11.1 Å². The fourth-order valence-electron chi connectivity index (χ4n) is 3.71. The number of nitrogens with one attached hydrogen (secondary N) is 2. The number of thioether (sulfide) groups is 1. The van der Waals surface area contributed by atoms with E-state index >= 15 is 0 Å². The molecular weight excluding hydrogens is 432 g/mol. The van der Waals surface area contributed by atoms with Gasteiger partial charge in [-0.25, -0.2) is 4.98 Å². The third kappa shape index (κ3) is 4.15. The van der Waals surface area contributed by atoms with Crippen molar-refractivity contribution in [2.45, 2.75) is 37.8 Å². The molecule has 3 aromatic heterocycles. The Labute approximate surface area is 186 Å². The van der Waals surface area contributed by atoms with E-state index in [1.807, 2.05) is 31.2 Å². The van der Waals surface area contributed by atoms with E-state index in [0.29, 0.717) is 10.9 Å². The Morgan fingerprint density at radius 1 is 1.26 bits per heavy atom. The smallest absolute Gasteiger partial charge is 0.260 e. The number of carbonyl (C=O) groups is 1. The maximum atomic E-state index is 12.6. The van der Waals surface area contributed by atoms with Crippen LogP contribution in [0.25, 0.3) is 21.5 Å². The predicted octanol–water partition coefficient (Wildman–Crippen LogP) is 4.56. The molecule has 1 aliphatic rings. The quantitative estimate of drug-likeness (QED) is 0.340. The third-order valence-corrected chi connectivity index (χ3v) is 7.32. The molecule has 0 saturated carbocycles. The second-order valence-electron chi connectivity index (χ2n) is 7.54. The fourth-order valence-corrected chi connectivity index (χ4v) is 5.69. The van der Waals surface area contributed by atoms with Gasteiger partial charge in [0, 0.05) is 16.5 Å². The lowest BCUT2D eigenvalue weighted by atomic mass is 9.97. The molecule has 9 heteroatoms. The Bertz CT molecular complexity index is 1320. The molecule has 0 unspecified atom stereocenters. The Balaban J connectivity index is 1.25. The second-order valence-corrected chi connectivity index (χ2v) is 9.59. The van der Waals surface area contributed by atoms with Gasteiger partial charge < -0.3 is 9.51 Å². The average molecular weight is 453 g/mol. The van der Waals surface area contributed by atoms with E-state index in [2.05, 4.69) is 20.4 Å². The number of H-pyrrole nitrogens is 1. The molecule has 0 radical (unpaired) electrons. The number of hydrogen-bond donors (Lipinski definition) is 2. The fraction of sp³-hybridized carbons (Fsp3) is 0.273. The third-order valence-electron chi connectivity index (χ3n) is 5.26. The van der Waals surface area contributed by atoms with Crippen LogP contribution in [0.4, 0.5) is 5.88 Å². The number of fused-ring (bicyclic) bond motifs is 3. The van der Waals surface area contributed by atoms with Gasteiger partial charge in [0.1, 0.15) is 10.5 Å². The summed E-state index contributed by atoms with van der Waals surface area (Å²) >= 11 is 2.79. The molecule has 0 bridgehead atoms. The molecule has 31 heavy (non-hydrogen) atoms. The Hall–Kier alpha value is -2.91. The molecule has 158 valence electrons. The number of carbonyl (C=O) groups excluding carboxylic acids is 1. The molecule has 0 atom stereocenters. The number of nitrogens with zero attached hydrogens (tertiary/aromatic N) is 2. The molecule has 7 nitrogen and oxygen atoms in total. The molecule has 2 N–H and O–H groups in total. The van der Waals surface area contributed by atoms with Crippen molar-refractivity contribution in [1.29, 1.82) is 0 Å². The van der Waals surface area contributed by atoms with Gasteiger partial charge in [0.25, 0.3) is 5.56 Å². The van der Waals surface area contributed by atoms with Crippen molar-refractivity contribution >= 4 is 45.1 Å². The first kappa shape index (κ1) is 20.0. The summed E-state index contributed by atoms with van der Waals surface area (Å²) in [5.74, 6) is 0.119. The summed E-state index contributed by atoms with van der Waals surface area (Å²) in [4.78, 5) is 34.4. The van der Waals surface area contributed by atoms with Crippen molar-refractivity contribution in [3.05, 3.63) is 56.7 Å². The first-order chi connectivity index (χ1) is 15.1. The average Bonchev–Trinajstić information content (AvgIpc) is 3.37. The van der Waals surface area contributed by atoms with E-state index in [-0.39, 0.29) is 23.1 Å². The summed E-state index contributed by atoms with van der Waals surface area (Å²) in [5, 5.41) is 7.88. The number of rotatable bonds is 5. The summed E-state index contributed by atoms with van der Waals surface area (Å²) < 4.78 is 5.23. The van der Waals surface area contributed by atoms with Gasteiger partial charge in [-0.15, -0.1) is 11.3 Å². The highest BCUT2D eigenvalue weighted by Crippen LogP contribution is 2.34. The van der Waals surface area contributed by atoms with E-state index in [9.17, 15) is 9.59 Å². The minimum Gasteiger partial charge on any atom is -0.338 e. The van der Waals surface area contributed by atoms with Crippen molar-refractivity contribution in [3.8, 4) is 11.3 Å². The number of thiophene rings is 1. The number of hydrogen-bond acceptors (Lipinski definition) is 7. The van der Waals surface area contributed by atoms with E-state index in [1.165, 1.54) is 16.6 Å². The van der Waals surface area contributed by atoms with Crippen LogP contribution in [0.2, 0.25) is 0 Å². The standard InChI is InChI=1S/C22H20N4O3S2/c1-12-6-8-13(9-7-12)15-10-18(29-26-15)23-17(27)11-30-22-24-20(28)19-14-4-2-3-5-16(14)31-21(19)25-22/h6-10H,2-5,11H2,1H3,(H,23,27)(H,24,25,28). The topological polar surface area (TPSA) is 101 Å². The molecule has 0 spiro atoms. The first-order valence-electron chi connectivity index (χ1n) is 10.1. The van der Waals surface area contributed by atoms with Gasteiger partial charge in [0.2, 0.25) is 11.8 Å². The maximum absolute atomic E-state index is 12.6. The molecule has 4 aromatic rings. The molecular formula is C22H20N4O3S2. The number of amides is 1. The highest BCUT2D eigenvalue weighted by Gasteiger charge is 2.20. The van der Waals surface area contributed by atoms with Gasteiger partial charge >= 0.3 is 0 Å². The van der Waals surface area contributed by atoms with E-state index in [0.717, 1.165) is 52.6 Å². The van der Waals surface area contributed by atoms with Crippen LogP contribution in [0.3, 0.4) is 0 Å². The van der Waals surface area contributed by atoms with Crippen LogP contribution in [0, 0.1) is 6.92 Å². The van der Waals surface area contributed by atoms with Gasteiger partial charge in [-0.05, 0) is 38.2 Å². The summed E-state index contributed by atoms with van der Waals surface area (Å²) in [6, 6.07) is 9.58. The van der Waals surface area contributed by atoms with Crippen molar-refractivity contribution in [3.63, 3.8) is 0 Å². The SMILES string of the molecule is Cc1ccc(-c2cc(NC(=O)CSc3nc4sc5c(c4c(=O)[nH]3)CCCC5)on2)cc1. The minimum absolute atomic E-state index is 0.0973. The lowest BCUT2D eigenvalue weighted by Gasteiger charge is -2.09. The molecule has 5 rings (SSSR count).